The highest BCUT2D eigenvalue weighted by atomic mass is 16.6. The van der Waals surface area contributed by atoms with Gasteiger partial charge in [0.25, 0.3) is 0 Å². The summed E-state index contributed by atoms with van der Waals surface area (Å²) in [6.07, 6.45) is 3.72. The van der Waals surface area contributed by atoms with Gasteiger partial charge in [-0.3, -0.25) is 9.59 Å². The van der Waals surface area contributed by atoms with Crippen LogP contribution in [-0.2, 0) is 14.3 Å². The van der Waals surface area contributed by atoms with Gasteiger partial charge in [-0.2, -0.15) is 0 Å². The fraction of sp³-hybridized carbons (Fsp3) is 0.867. The quantitative estimate of drug-likeness (QED) is 0.740. The number of hydrogen-bond acceptors (Lipinski definition) is 3. The summed E-state index contributed by atoms with van der Waals surface area (Å²) in [7, 11) is 0. The molecule has 0 saturated carbocycles. The van der Waals surface area contributed by atoms with E-state index in [0.717, 1.165) is 12.8 Å². The van der Waals surface area contributed by atoms with Gasteiger partial charge in [0.2, 0.25) is 5.91 Å². The minimum Gasteiger partial charge on any atom is -0.460 e. The molecule has 0 bridgehead atoms. The lowest BCUT2D eigenvalue weighted by Crippen LogP contribution is -2.47. The van der Waals surface area contributed by atoms with Crippen LogP contribution in [0.1, 0.15) is 66.7 Å². The van der Waals surface area contributed by atoms with Gasteiger partial charge in [-0.05, 0) is 53.9 Å². The van der Waals surface area contributed by atoms with Crippen LogP contribution in [0.5, 0.6) is 0 Å². The van der Waals surface area contributed by atoms with Crippen molar-refractivity contribution < 1.29 is 14.3 Å². The fourth-order valence-electron chi connectivity index (χ4n) is 2.64. The van der Waals surface area contributed by atoms with Crippen molar-refractivity contribution in [2.45, 2.75) is 84.4 Å². The second kappa shape index (κ2) is 6.40. The number of amides is 1. The van der Waals surface area contributed by atoms with Crippen molar-refractivity contribution in [2.75, 3.05) is 0 Å². The molecule has 0 radical (unpaired) electrons. The number of likely N-dealkylation sites (tertiary alicyclic amines) is 1. The maximum Gasteiger partial charge on any atom is 0.306 e. The van der Waals surface area contributed by atoms with E-state index in [1.165, 1.54) is 6.42 Å². The molecule has 4 nitrogen and oxygen atoms in total. The summed E-state index contributed by atoms with van der Waals surface area (Å²) in [5.74, 6) is -0.219. The number of nitrogens with zero attached hydrogens (tertiary/aromatic N) is 1. The highest BCUT2D eigenvalue weighted by molar-refractivity contribution is 5.82. The lowest BCUT2D eigenvalue weighted by atomic mass is 9.97. The van der Waals surface area contributed by atoms with E-state index in [1.807, 2.05) is 25.7 Å². The Bertz CT molecular complexity index is 323. The van der Waals surface area contributed by atoms with Gasteiger partial charge in [-0.1, -0.05) is 0 Å². The van der Waals surface area contributed by atoms with Crippen molar-refractivity contribution in [3.05, 3.63) is 0 Å². The van der Waals surface area contributed by atoms with Crippen molar-refractivity contribution in [3.63, 3.8) is 0 Å². The molecule has 0 N–H and O–H groups in total. The molecule has 2 unspecified atom stereocenters. The number of rotatable bonds is 3. The number of carbonyl (C=O) groups is 2. The van der Waals surface area contributed by atoms with Crippen LogP contribution in [0.4, 0.5) is 0 Å². The van der Waals surface area contributed by atoms with Gasteiger partial charge in [0.15, 0.2) is 0 Å². The topological polar surface area (TPSA) is 46.6 Å². The standard InChI is InChI=1S/C15H27NO3/c1-11-7-6-8-12(2)16(11)13(17)9-10-14(18)19-15(3,4)5/h11-12H,6-10H2,1-5H3. The highest BCUT2D eigenvalue weighted by Crippen LogP contribution is 2.23. The molecule has 0 aromatic heterocycles. The van der Waals surface area contributed by atoms with Crippen LogP contribution in [0.25, 0.3) is 0 Å². The predicted molar refractivity (Wildman–Crippen MR) is 74.7 cm³/mol. The van der Waals surface area contributed by atoms with Gasteiger partial charge in [0.1, 0.15) is 5.60 Å². The Morgan fingerprint density at radius 3 is 2.11 bits per heavy atom. The molecule has 19 heavy (non-hydrogen) atoms. The Labute approximate surface area is 116 Å². The van der Waals surface area contributed by atoms with E-state index in [2.05, 4.69) is 13.8 Å². The van der Waals surface area contributed by atoms with Crippen LogP contribution in [0, 0.1) is 0 Å². The summed E-state index contributed by atoms with van der Waals surface area (Å²) in [6.45, 7) is 9.67. The van der Waals surface area contributed by atoms with Crippen LogP contribution < -0.4 is 0 Å². The molecule has 0 aromatic carbocycles. The van der Waals surface area contributed by atoms with Crippen molar-refractivity contribution in [1.82, 2.24) is 4.90 Å². The Hall–Kier alpha value is -1.06. The fourth-order valence-corrected chi connectivity index (χ4v) is 2.64. The third-order valence-electron chi connectivity index (χ3n) is 3.44. The summed E-state index contributed by atoms with van der Waals surface area (Å²) < 4.78 is 5.22. The second-order valence-corrected chi connectivity index (χ2v) is 6.52. The molecule has 0 aliphatic carbocycles. The van der Waals surface area contributed by atoms with E-state index in [1.54, 1.807) is 0 Å². The molecule has 1 fully saturated rings. The zero-order chi connectivity index (χ0) is 14.6. The van der Waals surface area contributed by atoms with Gasteiger partial charge >= 0.3 is 5.97 Å². The van der Waals surface area contributed by atoms with Crippen molar-refractivity contribution in [3.8, 4) is 0 Å². The van der Waals surface area contributed by atoms with Crippen LogP contribution in [-0.4, -0.2) is 34.5 Å². The first kappa shape index (κ1) is 16.0. The van der Waals surface area contributed by atoms with Gasteiger partial charge in [-0.15, -0.1) is 0 Å². The summed E-state index contributed by atoms with van der Waals surface area (Å²) in [5.41, 5.74) is -0.480. The molecular formula is C15H27NO3. The van der Waals surface area contributed by atoms with Crippen LogP contribution in [0.15, 0.2) is 0 Å². The first-order valence-corrected chi connectivity index (χ1v) is 7.23. The molecular weight excluding hydrogens is 242 g/mol. The second-order valence-electron chi connectivity index (χ2n) is 6.52. The lowest BCUT2D eigenvalue weighted by molar-refractivity contribution is -0.157. The van der Waals surface area contributed by atoms with Gasteiger partial charge < -0.3 is 9.64 Å². The zero-order valence-corrected chi connectivity index (χ0v) is 12.9. The van der Waals surface area contributed by atoms with Crippen LogP contribution >= 0.6 is 0 Å². The Morgan fingerprint density at radius 2 is 1.63 bits per heavy atom. The van der Waals surface area contributed by atoms with Gasteiger partial charge in [0.05, 0.1) is 6.42 Å². The molecule has 0 spiro atoms. The smallest absolute Gasteiger partial charge is 0.306 e. The van der Waals surface area contributed by atoms with E-state index in [0.29, 0.717) is 0 Å². The SMILES string of the molecule is CC1CCCC(C)N1C(=O)CCC(=O)OC(C)(C)C. The van der Waals surface area contributed by atoms with E-state index in [9.17, 15) is 9.59 Å². The molecule has 1 saturated heterocycles. The third-order valence-corrected chi connectivity index (χ3v) is 3.44. The van der Waals surface area contributed by atoms with E-state index in [-0.39, 0.29) is 36.8 Å². The molecule has 1 heterocycles. The van der Waals surface area contributed by atoms with E-state index >= 15 is 0 Å². The van der Waals surface area contributed by atoms with Crippen LogP contribution in [0.3, 0.4) is 0 Å². The zero-order valence-electron chi connectivity index (χ0n) is 12.9. The minimum absolute atomic E-state index is 0.0746. The molecule has 1 aliphatic rings. The van der Waals surface area contributed by atoms with Gasteiger partial charge in [-0.25, -0.2) is 0 Å². The van der Waals surface area contributed by atoms with Crippen LogP contribution in [0.2, 0.25) is 0 Å². The van der Waals surface area contributed by atoms with Crippen molar-refractivity contribution >= 4 is 11.9 Å². The van der Waals surface area contributed by atoms with Gasteiger partial charge in [0, 0.05) is 18.5 Å². The third kappa shape index (κ3) is 5.21. The number of ether oxygens (including phenoxy) is 1. The average Bonchev–Trinajstić information content (AvgIpc) is 2.23. The Kier molecular flexibility index (Phi) is 5.39. The monoisotopic (exact) mass is 269 g/mol. The molecule has 0 aromatic rings. The number of esters is 1. The molecule has 1 amide bonds. The first-order chi connectivity index (χ1) is 8.70. The minimum atomic E-state index is -0.480. The summed E-state index contributed by atoms with van der Waals surface area (Å²) >= 11 is 0. The van der Waals surface area contributed by atoms with E-state index < -0.39 is 5.60 Å². The highest BCUT2D eigenvalue weighted by Gasteiger charge is 2.29. The Morgan fingerprint density at radius 1 is 1.11 bits per heavy atom. The summed E-state index contributed by atoms with van der Waals surface area (Å²) in [6, 6.07) is 0.574. The predicted octanol–water partition coefficient (Wildman–Crippen LogP) is 2.90. The lowest BCUT2D eigenvalue weighted by Gasteiger charge is -2.39. The maximum atomic E-state index is 12.2. The molecule has 2 atom stereocenters. The number of hydrogen-bond donors (Lipinski definition) is 0. The summed E-state index contributed by atoms with van der Waals surface area (Å²) in [4.78, 5) is 25.8. The molecule has 4 heteroatoms. The Balaban J connectivity index is 2.44. The molecule has 1 aliphatic heterocycles. The van der Waals surface area contributed by atoms with E-state index in [4.69, 9.17) is 4.74 Å². The first-order valence-electron chi connectivity index (χ1n) is 7.23. The van der Waals surface area contributed by atoms with Crippen molar-refractivity contribution in [2.24, 2.45) is 0 Å². The molecule has 1 rings (SSSR count). The normalized spacial score (nSPS) is 24.2. The van der Waals surface area contributed by atoms with Crippen molar-refractivity contribution in [1.29, 1.82) is 0 Å². The largest absolute Gasteiger partial charge is 0.460 e. The summed E-state index contributed by atoms with van der Waals surface area (Å²) in [5, 5.41) is 0. The number of piperidine rings is 1. The number of carbonyl (C=O) groups excluding carboxylic acids is 2. The average molecular weight is 269 g/mol. The maximum absolute atomic E-state index is 12.2. The molecule has 110 valence electrons.